The number of hydrogen-bond donors (Lipinski definition) is 2. The molecule has 0 saturated carbocycles. The number of hydrogen-bond acceptors (Lipinski definition) is 7. The lowest BCUT2D eigenvalue weighted by Gasteiger charge is -2.27. The molecule has 0 radical (unpaired) electrons. The molecule has 174 valence electrons. The first-order chi connectivity index (χ1) is 15.1. The van der Waals surface area contributed by atoms with Crippen LogP contribution in [0.2, 0.25) is 0 Å². The van der Waals surface area contributed by atoms with Gasteiger partial charge in [-0.15, -0.1) is 11.3 Å². The van der Waals surface area contributed by atoms with Gasteiger partial charge in [-0.05, 0) is 31.9 Å². The number of carbonyl (C=O) groups excluding carboxylic acids is 3. The summed E-state index contributed by atoms with van der Waals surface area (Å²) < 4.78 is 8.21. The van der Waals surface area contributed by atoms with E-state index >= 15 is 0 Å². The van der Waals surface area contributed by atoms with Crippen molar-refractivity contribution in [3.8, 4) is 0 Å². The molecule has 0 bridgehead atoms. The fraction of sp³-hybridized carbons (Fsp3) is 0.381. The van der Waals surface area contributed by atoms with Gasteiger partial charge in [0.2, 0.25) is 9.70 Å². The van der Waals surface area contributed by atoms with Crippen molar-refractivity contribution in [3.05, 3.63) is 51.9 Å². The van der Waals surface area contributed by atoms with Crippen LogP contribution in [-0.2, 0) is 20.7 Å². The molecule has 0 saturated heterocycles. The first-order valence-electron chi connectivity index (χ1n) is 9.72. The maximum absolute atomic E-state index is 12.6. The third-order valence-electron chi connectivity index (χ3n) is 4.20. The van der Waals surface area contributed by atoms with Crippen LogP contribution < -0.4 is 10.6 Å². The quantitative estimate of drug-likeness (QED) is 0.278. The summed E-state index contributed by atoms with van der Waals surface area (Å²) in [5.74, 6) is -1.65. The van der Waals surface area contributed by atoms with Crippen molar-refractivity contribution in [1.29, 1.82) is 0 Å². The van der Waals surface area contributed by atoms with Gasteiger partial charge in [-0.2, -0.15) is 0 Å². The molecule has 1 atom stereocenters. The second kappa shape index (κ2) is 11.7. The van der Waals surface area contributed by atoms with Gasteiger partial charge in [0.05, 0.1) is 25.2 Å². The van der Waals surface area contributed by atoms with Gasteiger partial charge in [0.15, 0.2) is 0 Å². The van der Waals surface area contributed by atoms with E-state index in [2.05, 4.69) is 10.6 Å². The highest BCUT2D eigenvalue weighted by atomic mass is 35.6. The second-order valence-corrected chi connectivity index (χ2v) is 9.94. The second-order valence-electron chi connectivity index (χ2n) is 6.55. The lowest BCUT2D eigenvalue weighted by Crippen LogP contribution is -2.49. The van der Waals surface area contributed by atoms with Crippen LogP contribution in [0.25, 0.3) is 0 Å². The number of ether oxygens (including phenoxy) is 2. The topological polar surface area (TPSA) is 93.7 Å². The SMILES string of the molecule is CCOC(=O)c1sc(NC(NC(=O)Cc2ccccc2)C(Cl)(Cl)Cl)c(C(=O)OCC)c1C. The van der Waals surface area contributed by atoms with E-state index < -0.39 is 27.8 Å². The van der Waals surface area contributed by atoms with Crippen LogP contribution in [0.5, 0.6) is 0 Å². The van der Waals surface area contributed by atoms with Crippen molar-refractivity contribution in [2.24, 2.45) is 0 Å². The van der Waals surface area contributed by atoms with Crippen molar-refractivity contribution in [2.45, 2.75) is 37.2 Å². The molecule has 2 N–H and O–H groups in total. The standard InChI is InChI=1S/C21H23Cl3N2O5S/c1-4-30-18(28)15-12(3)16(19(29)31-5-2)32-17(15)26-20(21(22,23)24)25-14(27)11-13-9-7-6-8-10-13/h6-10,20,26H,4-5,11H2,1-3H3,(H,25,27). The minimum atomic E-state index is -1.97. The van der Waals surface area contributed by atoms with Crippen LogP contribution in [0.3, 0.4) is 0 Å². The van der Waals surface area contributed by atoms with Gasteiger partial charge < -0.3 is 20.1 Å². The lowest BCUT2D eigenvalue weighted by atomic mass is 10.1. The Morgan fingerprint density at radius 2 is 1.62 bits per heavy atom. The molecule has 0 aliphatic rings. The van der Waals surface area contributed by atoms with Gasteiger partial charge in [-0.25, -0.2) is 9.59 Å². The highest BCUT2D eigenvalue weighted by Crippen LogP contribution is 2.38. The summed E-state index contributed by atoms with van der Waals surface area (Å²) in [7, 11) is 0. The number of carbonyl (C=O) groups is 3. The molecule has 1 heterocycles. The van der Waals surface area contributed by atoms with E-state index in [1.165, 1.54) is 0 Å². The van der Waals surface area contributed by atoms with Gasteiger partial charge in [-0.1, -0.05) is 65.1 Å². The minimum Gasteiger partial charge on any atom is -0.462 e. The van der Waals surface area contributed by atoms with Crippen molar-refractivity contribution >= 4 is 69.0 Å². The molecule has 7 nitrogen and oxygen atoms in total. The minimum absolute atomic E-state index is 0.0576. The summed E-state index contributed by atoms with van der Waals surface area (Å²) >= 11 is 19.2. The molecule has 2 rings (SSSR count). The fourth-order valence-corrected chi connectivity index (χ4v) is 4.22. The van der Waals surface area contributed by atoms with Gasteiger partial charge in [0.1, 0.15) is 16.0 Å². The molecule has 0 aliphatic carbocycles. The third kappa shape index (κ3) is 7.00. The Morgan fingerprint density at radius 3 is 2.19 bits per heavy atom. The third-order valence-corrected chi connectivity index (χ3v) is 6.06. The van der Waals surface area contributed by atoms with Gasteiger partial charge in [0, 0.05) is 0 Å². The van der Waals surface area contributed by atoms with E-state index in [1.807, 2.05) is 18.2 Å². The number of benzene rings is 1. The summed E-state index contributed by atoms with van der Waals surface area (Å²) in [6.45, 7) is 5.22. The Bertz CT molecular complexity index is 960. The summed E-state index contributed by atoms with van der Waals surface area (Å²) in [5.41, 5.74) is 1.25. The zero-order valence-corrected chi connectivity index (χ0v) is 20.8. The lowest BCUT2D eigenvalue weighted by molar-refractivity contribution is -0.120. The maximum atomic E-state index is 12.6. The van der Waals surface area contributed by atoms with Crippen molar-refractivity contribution in [3.63, 3.8) is 0 Å². The Morgan fingerprint density at radius 1 is 1.03 bits per heavy atom. The van der Waals surface area contributed by atoms with E-state index in [0.717, 1.165) is 16.9 Å². The van der Waals surface area contributed by atoms with Crippen LogP contribution in [0.4, 0.5) is 5.00 Å². The first kappa shape index (κ1) is 26.3. The molecular weight excluding hydrogens is 499 g/mol. The molecule has 0 spiro atoms. The first-order valence-corrected chi connectivity index (χ1v) is 11.7. The number of alkyl halides is 3. The number of esters is 2. The van der Waals surface area contributed by atoms with E-state index in [0.29, 0.717) is 5.56 Å². The van der Waals surface area contributed by atoms with Gasteiger partial charge in [-0.3, -0.25) is 4.79 Å². The predicted molar refractivity (Wildman–Crippen MR) is 127 cm³/mol. The average Bonchev–Trinajstić information content (AvgIpc) is 3.04. The van der Waals surface area contributed by atoms with Crippen LogP contribution in [-0.4, -0.2) is 41.0 Å². The zero-order chi connectivity index (χ0) is 23.9. The van der Waals surface area contributed by atoms with E-state index in [4.69, 9.17) is 44.3 Å². The number of anilines is 1. The van der Waals surface area contributed by atoms with Crippen molar-refractivity contribution < 1.29 is 23.9 Å². The monoisotopic (exact) mass is 520 g/mol. The number of nitrogens with one attached hydrogen (secondary N) is 2. The van der Waals surface area contributed by atoms with Gasteiger partial charge in [0.25, 0.3) is 0 Å². The van der Waals surface area contributed by atoms with Crippen LogP contribution in [0.15, 0.2) is 30.3 Å². The number of amides is 1. The molecule has 0 fully saturated rings. The fourth-order valence-electron chi connectivity index (χ4n) is 2.78. The predicted octanol–water partition coefficient (Wildman–Crippen LogP) is 4.88. The zero-order valence-electron chi connectivity index (χ0n) is 17.7. The largest absolute Gasteiger partial charge is 0.462 e. The number of halogens is 3. The smallest absolute Gasteiger partial charge is 0.348 e. The van der Waals surface area contributed by atoms with Crippen LogP contribution in [0.1, 0.15) is 45.0 Å². The molecule has 1 aromatic heterocycles. The summed E-state index contributed by atoms with van der Waals surface area (Å²) in [5, 5.41) is 5.72. The maximum Gasteiger partial charge on any atom is 0.348 e. The number of thiophene rings is 1. The highest BCUT2D eigenvalue weighted by Gasteiger charge is 2.36. The van der Waals surface area contributed by atoms with Crippen LogP contribution >= 0.6 is 46.1 Å². The summed E-state index contributed by atoms with van der Waals surface area (Å²) in [6, 6.07) is 9.05. The van der Waals surface area contributed by atoms with E-state index in [-0.39, 0.29) is 35.1 Å². The normalized spacial score (nSPS) is 12.1. The van der Waals surface area contributed by atoms with Crippen molar-refractivity contribution in [1.82, 2.24) is 5.32 Å². The molecule has 1 unspecified atom stereocenters. The molecule has 11 heteroatoms. The van der Waals surface area contributed by atoms with Gasteiger partial charge >= 0.3 is 11.9 Å². The molecule has 1 aromatic carbocycles. The molecule has 1 amide bonds. The van der Waals surface area contributed by atoms with E-state index in [9.17, 15) is 14.4 Å². The Kier molecular flexibility index (Phi) is 9.64. The molecular formula is C21H23Cl3N2O5S. The molecule has 2 aromatic rings. The summed E-state index contributed by atoms with van der Waals surface area (Å²) in [6.07, 6.45) is -1.15. The average molecular weight is 522 g/mol. The molecule has 32 heavy (non-hydrogen) atoms. The Hall–Kier alpha value is -2.00. The van der Waals surface area contributed by atoms with E-state index in [1.54, 1.807) is 32.9 Å². The van der Waals surface area contributed by atoms with Crippen LogP contribution in [0, 0.1) is 6.92 Å². The summed E-state index contributed by atoms with van der Waals surface area (Å²) in [4.78, 5) is 37.7. The molecule has 0 aliphatic heterocycles. The van der Waals surface area contributed by atoms with Crippen molar-refractivity contribution in [2.75, 3.05) is 18.5 Å². The number of rotatable bonds is 9. The Balaban J connectivity index is 2.35. The Labute approximate surface area is 205 Å². The highest BCUT2D eigenvalue weighted by molar-refractivity contribution is 7.18.